The maximum Gasteiger partial charge on any atom is 0.0947 e. The number of furan rings is 1. The molecule has 1 saturated heterocycles. The van der Waals surface area contributed by atoms with Crippen LogP contribution in [0.1, 0.15) is 24.8 Å². The van der Waals surface area contributed by atoms with Crippen molar-refractivity contribution in [3.63, 3.8) is 0 Å². The lowest BCUT2D eigenvalue weighted by Crippen LogP contribution is -2.29. The average molecular weight is 208 g/mol. The topological polar surface area (TPSA) is 37.2 Å². The van der Waals surface area contributed by atoms with Crippen LogP contribution in [-0.4, -0.2) is 19.6 Å². The lowest BCUT2D eigenvalue weighted by atomic mass is 9.95. The molecule has 1 fully saturated rings. The van der Waals surface area contributed by atoms with E-state index in [2.05, 4.69) is 10.6 Å². The molecule has 0 aliphatic carbocycles. The summed E-state index contributed by atoms with van der Waals surface area (Å²) in [7, 11) is 0. The van der Waals surface area contributed by atoms with E-state index >= 15 is 0 Å². The SMILES string of the molecule is c1cc(CNCCC2CCNCC2)co1. The molecule has 84 valence electrons. The van der Waals surface area contributed by atoms with E-state index in [1.54, 1.807) is 12.5 Å². The van der Waals surface area contributed by atoms with E-state index in [9.17, 15) is 0 Å². The zero-order valence-electron chi connectivity index (χ0n) is 9.17. The van der Waals surface area contributed by atoms with Crippen molar-refractivity contribution in [3.8, 4) is 0 Å². The minimum Gasteiger partial charge on any atom is -0.472 e. The monoisotopic (exact) mass is 208 g/mol. The van der Waals surface area contributed by atoms with E-state index in [-0.39, 0.29) is 0 Å². The Morgan fingerprint density at radius 2 is 2.27 bits per heavy atom. The van der Waals surface area contributed by atoms with Gasteiger partial charge in [0.05, 0.1) is 12.5 Å². The number of nitrogens with one attached hydrogen (secondary N) is 2. The van der Waals surface area contributed by atoms with Crippen LogP contribution < -0.4 is 10.6 Å². The zero-order valence-corrected chi connectivity index (χ0v) is 9.17. The second-order valence-corrected chi connectivity index (χ2v) is 4.29. The Kier molecular flexibility index (Phi) is 4.23. The van der Waals surface area contributed by atoms with Gasteiger partial charge in [0.1, 0.15) is 0 Å². The Morgan fingerprint density at radius 3 is 3.00 bits per heavy atom. The van der Waals surface area contributed by atoms with Gasteiger partial charge in [-0.2, -0.15) is 0 Å². The van der Waals surface area contributed by atoms with Gasteiger partial charge in [-0.05, 0) is 50.9 Å². The molecule has 2 rings (SSSR count). The smallest absolute Gasteiger partial charge is 0.0947 e. The zero-order chi connectivity index (χ0) is 10.3. The third kappa shape index (κ3) is 3.68. The Balaban J connectivity index is 1.54. The van der Waals surface area contributed by atoms with Crippen molar-refractivity contribution >= 4 is 0 Å². The largest absolute Gasteiger partial charge is 0.472 e. The highest BCUT2D eigenvalue weighted by Gasteiger charge is 2.11. The van der Waals surface area contributed by atoms with E-state index < -0.39 is 0 Å². The number of rotatable bonds is 5. The molecule has 0 amide bonds. The van der Waals surface area contributed by atoms with E-state index in [1.165, 1.54) is 37.9 Å². The van der Waals surface area contributed by atoms with Crippen molar-refractivity contribution in [2.75, 3.05) is 19.6 Å². The van der Waals surface area contributed by atoms with Crippen molar-refractivity contribution in [2.24, 2.45) is 5.92 Å². The van der Waals surface area contributed by atoms with Crippen molar-refractivity contribution in [2.45, 2.75) is 25.8 Å². The van der Waals surface area contributed by atoms with Crippen LogP contribution in [0.5, 0.6) is 0 Å². The van der Waals surface area contributed by atoms with Crippen LogP contribution in [0, 0.1) is 5.92 Å². The average Bonchev–Trinajstić information content (AvgIpc) is 2.79. The maximum absolute atomic E-state index is 5.01. The van der Waals surface area contributed by atoms with Gasteiger partial charge in [0.25, 0.3) is 0 Å². The molecule has 0 atom stereocenters. The van der Waals surface area contributed by atoms with Crippen LogP contribution in [0.2, 0.25) is 0 Å². The summed E-state index contributed by atoms with van der Waals surface area (Å²) in [6.07, 6.45) is 7.52. The lowest BCUT2D eigenvalue weighted by Gasteiger charge is -2.22. The fourth-order valence-electron chi connectivity index (χ4n) is 2.10. The molecule has 15 heavy (non-hydrogen) atoms. The fraction of sp³-hybridized carbons (Fsp3) is 0.667. The predicted molar refractivity (Wildman–Crippen MR) is 60.6 cm³/mol. The number of hydrogen-bond donors (Lipinski definition) is 2. The van der Waals surface area contributed by atoms with E-state index in [0.717, 1.165) is 19.0 Å². The van der Waals surface area contributed by atoms with E-state index in [1.807, 2.05) is 6.07 Å². The quantitative estimate of drug-likeness (QED) is 0.724. The molecule has 0 unspecified atom stereocenters. The first-order valence-corrected chi connectivity index (χ1v) is 5.87. The molecule has 0 bridgehead atoms. The highest BCUT2D eigenvalue weighted by Crippen LogP contribution is 2.14. The summed E-state index contributed by atoms with van der Waals surface area (Å²) < 4.78 is 5.01. The Labute approximate surface area is 91.2 Å². The second-order valence-electron chi connectivity index (χ2n) is 4.29. The summed E-state index contributed by atoms with van der Waals surface area (Å²) in [5, 5.41) is 6.85. The summed E-state index contributed by atoms with van der Waals surface area (Å²) in [6.45, 7) is 4.45. The summed E-state index contributed by atoms with van der Waals surface area (Å²) in [5.74, 6) is 0.920. The molecule has 1 aliphatic heterocycles. The highest BCUT2D eigenvalue weighted by molar-refractivity contribution is 5.04. The molecule has 2 N–H and O–H groups in total. The summed E-state index contributed by atoms with van der Waals surface area (Å²) in [5.41, 5.74) is 1.24. The molecule has 0 spiro atoms. The first-order chi connectivity index (χ1) is 7.45. The van der Waals surface area contributed by atoms with Gasteiger partial charge in [-0.3, -0.25) is 0 Å². The molecule has 1 aliphatic rings. The van der Waals surface area contributed by atoms with Gasteiger partial charge in [0.2, 0.25) is 0 Å². The van der Waals surface area contributed by atoms with E-state index in [0.29, 0.717) is 0 Å². The van der Waals surface area contributed by atoms with Gasteiger partial charge in [-0.1, -0.05) is 0 Å². The molecular formula is C12H20N2O. The minimum atomic E-state index is 0.920. The van der Waals surface area contributed by atoms with Gasteiger partial charge in [-0.25, -0.2) is 0 Å². The van der Waals surface area contributed by atoms with Gasteiger partial charge < -0.3 is 15.1 Å². The molecule has 0 saturated carbocycles. The van der Waals surface area contributed by atoms with Crippen LogP contribution in [0.3, 0.4) is 0 Å². The normalized spacial score (nSPS) is 18.1. The third-order valence-corrected chi connectivity index (χ3v) is 3.10. The molecule has 2 heterocycles. The Morgan fingerprint density at radius 1 is 1.40 bits per heavy atom. The highest BCUT2D eigenvalue weighted by atomic mass is 16.3. The second kappa shape index (κ2) is 5.93. The molecule has 0 radical (unpaired) electrons. The molecule has 0 aromatic carbocycles. The van der Waals surface area contributed by atoms with Crippen molar-refractivity contribution in [1.82, 2.24) is 10.6 Å². The van der Waals surface area contributed by atoms with Crippen LogP contribution in [-0.2, 0) is 6.54 Å². The van der Waals surface area contributed by atoms with Crippen LogP contribution >= 0.6 is 0 Å². The number of piperidine rings is 1. The maximum atomic E-state index is 5.01. The van der Waals surface area contributed by atoms with Crippen LogP contribution in [0.4, 0.5) is 0 Å². The summed E-state index contributed by atoms with van der Waals surface area (Å²) in [4.78, 5) is 0. The molecule has 3 heteroatoms. The van der Waals surface area contributed by atoms with Gasteiger partial charge in [0.15, 0.2) is 0 Å². The lowest BCUT2D eigenvalue weighted by molar-refractivity contribution is 0.348. The van der Waals surface area contributed by atoms with Crippen molar-refractivity contribution < 1.29 is 4.42 Å². The summed E-state index contributed by atoms with van der Waals surface area (Å²) >= 11 is 0. The van der Waals surface area contributed by atoms with Crippen LogP contribution in [0.25, 0.3) is 0 Å². The van der Waals surface area contributed by atoms with Gasteiger partial charge >= 0.3 is 0 Å². The molecule has 3 nitrogen and oxygen atoms in total. The predicted octanol–water partition coefficient (Wildman–Crippen LogP) is 1.76. The molecular weight excluding hydrogens is 188 g/mol. The standard InChI is InChI=1S/C12H20N2O/c1-5-13-6-2-11(1)3-7-14-9-12-4-8-15-10-12/h4,8,10-11,13-14H,1-3,5-7,9H2. The van der Waals surface area contributed by atoms with Crippen molar-refractivity contribution in [3.05, 3.63) is 24.2 Å². The summed E-state index contributed by atoms with van der Waals surface area (Å²) in [6, 6.07) is 2.01. The van der Waals surface area contributed by atoms with Gasteiger partial charge in [0, 0.05) is 12.1 Å². The van der Waals surface area contributed by atoms with E-state index in [4.69, 9.17) is 4.42 Å². The van der Waals surface area contributed by atoms with Crippen LogP contribution in [0.15, 0.2) is 23.0 Å². The Bertz CT molecular complexity index is 253. The fourth-order valence-corrected chi connectivity index (χ4v) is 2.10. The first-order valence-electron chi connectivity index (χ1n) is 5.87. The first kappa shape index (κ1) is 10.7. The number of hydrogen-bond acceptors (Lipinski definition) is 3. The molecule has 1 aromatic rings. The Hall–Kier alpha value is -0.800. The third-order valence-electron chi connectivity index (χ3n) is 3.10. The molecule has 1 aromatic heterocycles. The minimum absolute atomic E-state index is 0.920. The van der Waals surface area contributed by atoms with Crippen molar-refractivity contribution in [1.29, 1.82) is 0 Å². The van der Waals surface area contributed by atoms with Gasteiger partial charge in [-0.15, -0.1) is 0 Å².